The molecule has 1 aromatic carbocycles. The van der Waals surface area contributed by atoms with Crippen molar-refractivity contribution in [2.45, 2.75) is 40.5 Å². The Kier molecular flexibility index (Phi) is 10.6. The second kappa shape index (κ2) is 10.9. The Morgan fingerprint density at radius 2 is 1.88 bits per heavy atom. The number of rotatable bonds is 9. The number of hydrogen-bond donors (Lipinski definition) is 0. The van der Waals surface area contributed by atoms with Crippen molar-refractivity contribution < 1.29 is 14.3 Å². The highest BCUT2D eigenvalue weighted by Crippen LogP contribution is 2.27. The van der Waals surface area contributed by atoms with Gasteiger partial charge in [0.25, 0.3) is 0 Å². The first-order valence-electron chi connectivity index (χ1n) is 8.58. The van der Waals surface area contributed by atoms with E-state index >= 15 is 0 Å². The van der Waals surface area contributed by atoms with E-state index in [9.17, 15) is 5.11 Å². The normalized spacial score (nSPS) is 12.2. The third kappa shape index (κ3) is 7.38. The zero-order chi connectivity index (χ0) is 17.5. The Morgan fingerprint density at radius 1 is 1.25 bits per heavy atom. The molecule has 0 radical (unpaired) electrons. The van der Waals surface area contributed by atoms with Crippen LogP contribution >= 0.6 is 24.0 Å². The largest absolute Gasteiger partial charge is 0.860 e. The summed E-state index contributed by atoms with van der Waals surface area (Å²) in [6.45, 7) is 14.2. The molecular formula is C19H33IN2O2. The summed E-state index contributed by atoms with van der Waals surface area (Å²) >= 11 is 0. The van der Waals surface area contributed by atoms with E-state index in [0.29, 0.717) is 12.5 Å². The average Bonchev–Trinajstić information content (AvgIpc) is 2.52. The number of quaternary nitrogens is 1. The fourth-order valence-electron chi connectivity index (χ4n) is 2.38. The lowest BCUT2D eigenvalue weighted by Crippen LogP contribution is -2.45. The number of ether oxygens (including phenoxy) is 1. The number of nitrogens with zero attached hydrogens (tertiary/aromatic N) is 2. The van der Waals surface area contributed by atoms with Crippen molar-refractivity contribution in [3.05, 3.63) is 29.3 Å². The highest BCUT2D eigenvalue weighted by Gasteiger charge is 2.14. The molecule has 0 saturated carbocycles. The van der Waals surface area contributed by atoms with Crippen LogP contribution in [0.2, 0.25) is 0 Å². The molecular weight excluding hydrogens is 415 g/mol. The Balaban J connectivity index is 0.00000529. The van der Waals surface area contributed by atoms with Crippen molar-refractivity contribution in [1.29, 1.82) is 0 Å². The van der Waals surface area contributed by atoms with Crippen molar-refractivity contribution in [2.24, 2.45) is 4.99 Å². The van der Waals surface area contributed by atoms with Crippen LogP contribution in [0.3, 0.4) is 0 Å². The van der Waals surface area contributed by atoms with E-state index in [1.165, 1.54) is 0 Å². The minimum Gasteiger partial charge on any atom is -0.860 e. The average molecular weight is 448 g/mol. The van der Waals surface area contributed by atoms with Gasteiger partial charge in [0, 0.05) is 0 Å². The molecule has 0 spiro atoms. The van der Waals surface area contributed by atoms with E-state index in [1.54, 1.807) is 0 Å². The van der Waals surface area contributed by atoms with Crippen LogP contribution in [0.5, 0.6) is 5.75 Å². The van der Waals surface area contributed by atoms with Gasteiger partial charge in [0.15, 0.2) is 0 Å². The molecule has 0 aliphatic rings. The summed E-state index contributed by atoms with van der Waals surface area (Å²) in [7, 11) is 2.19. The highest BCUT2D eigenvalue weighted by atomic mass is 127. The third-order valence-corrected chi connectivity index (χ3v) is 4.60. The lowest BCUT2D eigenvalue weighted by molar-refractivity contribution is -0.904. The minimum atomic E-state index is -0.181. The van der Waals surface area contributed by atoms with Crippen LogP contribution in [-0.4, -0.2) is 50.2 Å². The van der Waals surface area contributed by atoms with E-state index in [4.69, 9.17) is 4.74 Å². The van der Waals surface area contributed by atoms with Crippen molar-refractivity contribution in [1.82, 2.24) is 0 Å². The molecule has 0 heterocycles. The number of aliphatic imine (C=N–C) groups is 1. The summed E-state index contributed by atoms with van der Waals surface area (Å²) in [6, 6.07) is 6.13. The molecule has 0 atom stereocenters. The quantitative estimate of drug-likeness (QED) is 0.252. The second-order valence-corrected chi connectivity index (χ2v) is 6.74. The molecule has 5 heteroatoms. The number of hydrogen-bond acceptors (Lipinski definition) is 3. The summed E-state index contributed by atoms with van der Waals surface area (Å²) in [4.78, 5) is 4.14. The predicted molar refractivity (Wildman–Crippen MR) is 111 cm³/mol. The van der Waals surface area contributed by atoms with E-state index in [-0.39, 0.29) is 36.5 Å². The van der Waals surface area contributed by atoms with Gasteiger partial charge in [-0.3, -0.25) is 4.99 Å². The molecule has 0 aliphatic carbocycles. The summed E-state index contributed by atoms with van der Waals surface area (Å²) in [6.07, 6.45) is 0. The Morgan fingerprint density at radius 3 is 2.42 bits per heavy atom. The molecule has 0 unspecified atom stereocenters. The number of halogens is 1. The molecule has 138 valence electrons. The zero-order valence-corrected chi connectivity index (χ0v) is 18.3. The lowest BCUT2D eigenvalue weighted by Gasteiger charge is -2.31. The number of aryl methyl sites for hydroxylation is 1. The smallest absolute Gasteiger partial charge is 0.123 e. The van der Waals surface area contributed by atoms with Gasteiger partial charge in [-0.1, -0.05) is 26.0 Å². The van der Waals surface area contributed by atoms with Crippen molar-refractivity contribution in [2.75, 3.05) is 39.8 Å². The van der Waals surface area contributed by atoms with Crippen molar-refractivity contribution in [3.63, 3.8) is 0 Å². The van der Waals surface area contributed by atoms with Gasteiger partial charge >= 0.3 is 0 Å². The van der Waals surface area contributed by atoms with Gasteiger partial charge in [0.1, 0.15) is 12.4 Å². The van der Waals surface area contributed by atoms with Gasteiger partial charge in [-0.2, -0.15) is 0 Å². The zero-order valence-electron chi connectivity index (χ0n) is 16.0. The molecule has 0 N–H and O–H groups in total. The molecule has 0 saturated heterocycles. The van der Waals surface area contributed by atoms with Crippen molar-refractivity contribution >= 4 is 29.9 Å². The van der Waals surface area contributed by atoms with Gasteiger partial charge in [0.2, 0.25) is 0 Å². The number of likely N-dealkylation sites (N-methyl/N-ethyl adjacent to an activating group) is 1. The van der Waals surface area contributed by atoms with E-state index in [0.717, 1.165) is 41.0 Å². The van der Waals surface area contributed by atoms with E-state index in [2.05, 4.69) is 51.9 Å². The molecule has 1 rings (SSSR count). The minimum absolute atomic E-state index is 0. The van der Waals surface area contributed by atoms with E-state index in [1.807, 2.05) is 13.0 Å². The first-order chi connectivity index (χ1) is 10.8. The van der Waals surface area contributed by atoms with Crippen LogP contribution in [0.1, 0.15) is 44.7 Å². The monoisotopic (exact) mass is 448 g/mol. The third-order valence-electron chi connectivity index (χ3n) is 4.60. The fourth-order valence-corrected chi connectivity index (χ4v) is 2.38. The van der Waals surface area contributed by atoms with E-state index < -0.39 is 0 Å². The Bertz CT molecular complexity index is 526. The predicted octanol–water partition coefficient (Wildman–Crippen LogP) is 3.36. The summed E-state index contributed by atoms with van der Waals surface area (Å²) < 4.78 is 6.67. The van der Waals surface area contributed by atoms with Crippen LogP contribution < -0.4 is 9.84 Å². The molecule has 24 heavy (non-hydrogen) atoms. The Labute approximate surface area is 164 Å². The van der Waals surface area contributed by atoms with Crippen LogP contribution in [0.25, 0.3) is 0 Å². The molecule has 0 aromatic heterocycles. The van der Waals surface area contributed by atoms with Crippen LogP contribution in [-0.2, 0) is 0 Å². The van der Waals surface area contributed by atoms with Gasteiger partial charge in [-0.25, -0.2) is 0 Å². The van der Waals surface area contributed by atoms with Gasteiger partial charge in [0.05, 0.1) is 33.2 Å². The van der Waals surface area contributed by atoms with Gasteiger partial charge < -0.3 is 14.3 Å². The first kappa shape index (κ1) is 23.2. The molecule has 1 aromatic rings. The lowest BCUT2D eigenvalue weighted by atomic mass is 10.0. The SMILES string of the molecule is CC[N+](C)(CC)CCN=C([O-])COc1cc(C)ccc1C(C)C.I. The molecule has 4 nitrogen and oxygen atoms in total. The fraction of sp³-hybridized carbons (Fsp3) is 0.632. The maximum Gasteiger partial charge on any atom is 0.123 e. The topological polar surface area (TPSA) is 44.7 Å². The number of benzene rings is 1. The summed E-state index contributed by atoms with van der Waals surface area (Å²) in [5.74, 6) is 0.982. The maximum absolute atomic E-state index is 11.9. The molecule has 0 amide bonds. The highest BCUT2D eigenvalue weighted by molar-refractivity contribution is 14.0. The van der Waals surface area contributed by atoms with Gasteiger partial charge in [-0.15, -0.1) is 24.0 Å². The summed E-state index contributed by atoms with van der Waals surface area (Å²) in [5.41, 5.74) is 2.26. The van der Waals surface area contributed by atoms with Crippen LogP contribution in [0, 0.1) is 6.92 Å². The first-order valence-corrected chi connectivity index (χ1v) is 8.58. The van der Waals surface area contributed by atoms with Crippen molar-refractivity contribution in [3.8, 4) is 5.75 Å². The Hall–Kier alpha value is -0.820. The van der Waals surface area contributed by atoms with Gasteiger partial charge in [-0.05, 0) is 49.8 Å². The molecule has 0 aliphatic heterocycles. The summed E-state index contributed by atoms with van der Waals surface area (Å²) in [5, 5.41) is 11.9. The van der Waals surface area contributed by atoms with Crippen LogP contribution in [0.4, 0.5) is 0 Å². The molecule has 0 bridgehead atoms. The second-order valence-electron chi connectivity index (χ2n) is 6.74. The standard InChI is InChI=1S/C19H32N2O2.HI/c1-7-21(6,8-2)12-11-20-19(22)14-23-18-13-16(5)9-10-17(18)15(3)4;/h9-10,13,15H,7-8,11-12,14H2,1-6H3;1H. The van der Waals surface area contributed by atoms with Crippen LogP contribution in [0.15, 0.2) is 23.2 Å². The maximum atomic E-state index is 11.9. The molecule has 0 fully saturated rings.